The normalized spacial score (nSPS) is 12.2. The topological polar surface area (TPSA) is 112 Å². The Morgan fingerprint density at radius 2 is 0.622 bits per heavy atom. The summed E-state index contributed by atoms with van der Waals surface area (Å²) in [4.78, 5) is 36.1. The molecule has 4 aromatic carbocycles. The second-order valence-electron chi connectivity index (χ2n) is 14.8. The Hall–Kier alpha value is -4.71. The van der Waals surface area contributed by atoms with Crippen LogP contribution in [0.5, 0.6) is 17.2 Å². The summed E-state index contributed by atoms with van der Waals surface area (Å²) < 4.78 is 0. The number of phenols is 3. The van der Waals surface area contributed by atoms with E-state index in [1.54, 1.807) is 54.6 Å². The fourth-order valence-corrected chi connectivity index (χ4v) is 5.64. The van der Waals surface area contributed by atoms with Crippen LogP contribution >= 0.6 is 0 Å². The first kappa shape index (κ1) is 33.2. The van der Waals surface area contributed by atoms with Gasteiger partial charge in [0.2, 0.25) is 0 Å². The maximum atomic E-state index is 12.0. The van der Waals surface area contributed by atoms with E-state index < -0.39 is 16.2 Å². The molecule has 0 saturated carbocycles. The summed E-state index contributed by atoms with van der Waals surface area (Å²) in [5, 5.41) is 34.8. The molecule has 4 aromatic rings. The summed E-state index contributed by atoms with van der Waals surface area (Å²) in [6.45, 7) is 17.5. The third-order valence-electron chi connectivity index (χ3n) is 8.10. The predicted octanol–water partition coefficient (Wildman–Crippen LogP) is 9.13. The third-order valence-corrected chi connectivity index (χ3v) is 8.10. The highest BCUT2D eigenvalue weighted by atomic mass is 16.3. The Morgan fingerprint density at radius 3 is 0.800 bits per heavy atom. The molecule has 0 radical (unpaired) electrons. The molecule has 0 unspecified atom stereocenters. The second-order valence-corrected chi connectivity index (χ2v) is 14.8. The van der Waals surface area contributed by atoms with E-state index >= 15 is 0 Å². The molecule has 45 heavy (non-hydrogen) atoms. The van der Waals surface area contributed by atoms with Gasteiger partial charge in [0.05, 0.1) is 0 Å². The van der Waals surface area contributed by atoms with Gasteiger partial charge in [0.15, 0.2) is 0 Å². The zero-order valence-corrected chi connectivity index (χ0v) is 27.5. The molecule has 0 aliphatic carbocycles. The van der Waals surface area contributed by atoms with Gasteiger partial charge in [0.1, 0.15) is 36.1 Å². The lowest BCUT2D eigenvalue weighted by atomic mass is 9.80. The molecule has 0 fully saturated rings. The zero-order valence-electron chi connectivity index (χ0n) is 27.5. The fraction of sp³-hybridized carbons (Fsp3) is 0.308. The lowest BCUT2D eigenvalue weighted by Gasteiger charge is -2.25. The van der Waals surface area contributed by atoms with Crippen LogP contribution in [0.15, 0.2) is 54.6 Å². The molecule has 6 heteroatoms. The first-order chi connectivity index (χ1) is 20.8. The predicted molar refractivity (Wildman–Crippen MR) is 180 cm³/mol. The highest BCUT2D eigenvalue weighted by Crippen LogP contribution is 2.47. The van der Waals surface area contributed by atoms with Crippen LogP contribution in [0.4, 0.5) is 0 Å². The number of aldehydes is 3. The van der Waals surface area contributed by atoms with Crippen LogP contribution in [0.2, 0.25) is 0 Å². The van der Waals surface area contributed by atoms with Crippen LogP contribution < -0.4 is 0 Å². The second kappa shape index (κ2) is 11.7. The minimum Gasteiger partial charge on any atom is -0.507 e. The summed E-state index contributed by atoms with van der Waals surface area (Å²) >= 11 is 0. The first-order valence-corrected chi connectivity index (χ1v) is 14.9. The molecule has 3 N–H and O–H groups in total. The number of benzene rings is 4. The van der Waals surface area contributed by atoms with Crippen molar-refractivity contribution in [2.75, 3.05) is 0 Å². The van der Waals surface area contributed by atoms with Gasteiger partial charge in [-0.3, -0.25) is 14.4 Å². The van der Waals surface area contributed by atoms with Crippen molar-refractivity contribution in [3.05, 3.63) is 88.0 Å². The molecule has 4 rings (SSSR count). The van der Waals surface area contributed by atoms with E-state index in [1.165, 1.54) is 0 Å². The van der Waals surface area contributed by atoms with Gasteiger partial charge in [-0.15, -0.1) is 0 Å². The average molecular weight is 607 g/mol. The molecule has 0 bridgehead atoms. The largest absolute Gasteiger partial charge is 0.507 e. The number of hydrogen-bond acceptors (Lipinski definition) is 6. The van der Waals surface area contributed by atoms with E-state index in [2.05, 4.69) is 0 Å². The SMILES string of the molecule is CC(C)(C)c1cc(C=O)cc(-c2cc(-c3cc(C=O)cc(C(C)(C)C)c3O)cc(-c3cc(C=O)cc(C(C)(C)C)c3O)c2)c1O. The summed E-state index contributed by atoms with van der Waals surface area (Å²) in [6, 6.07) is 15.1. The molecule has 0 aromatic heterocycles. The smallest absolute Gasteiger partial charge is 0.150 e. The van der Waals surface area contributed by atoms with E-state index in [9.17, 15) is 29.7 Å². The standard InChI is InChI=1S/C39H42O6/c1-37(2,3)31-13-22(19-40)10-28(34(31)43)25-16-26(29-11-23(20-41)14-32(35(29)44)38(4,5)6)18-27(17-25)30-12-24(21-42)15-33(36(30)45)39(7,8)9/h10-21,43-45H,1-9H3. The Morgan fingerprint density at radius 1 is 0.400 bits per heavy atom. The first-order valence-electron chi connectivity index (χ1n) is 14.9. The van der Waals surface area contributed by atoms with Crippen molar-refractivity contribution < 1.29 is 29.7 Å². The van der Waals surface area contributed by atoms with Crippen LogP contribution in [0.1, 0.15) is 110 Å². The fourth-order valence-electron chi connectivity index (χ4n) is 5.64. The van der Waals surface area contributed by atoms with E-state index in [0.717, 1.165) is 18.9 Å². The van der Waals surface area contributed by atoms with Crippen LogP contribution in [-0.4, -0.2) is 34.2 Å². The Bertz CT molecular complexity index is 1600. The number of phenolic OH excluding ortho intramolecular Hbond substituents is 3. The van der Waals surface area contributed by atoms with Crippen LogP contribution in [0, 0.1) is 0 Å². The summed E-state index contributed by atoms with van der Waals surface area (Å²) in [5.74, 6) is -0.00364. The van der Waals surface area contributed by atoms with Gasteiger partial charge in [-0.1, -0.05) is 62.3 Å². The van der Waals surface area contributed by atoms with E-state index in [1.807, 2.05) is 62.3 Å². The molecule has 0 atom stereocenters. The Labute approximate surface area is 265 Å². The average Bonchev–Trinajstić information content (AvgIpc) is 2.95. The van der Waals surface area contributed by atoms with Crippen molar-refractivity contribution in [1.29, 1.82) is 0 Å². The van der Waals surface area contributed by atoms with Gasteiger partial charge in [-0.05, 0) is 87.5 Å². The highest BCUT2D eigenvalue weighted by Gasteiger charge is 2.27. The van der Waals surface area contributed by atoms with Gasteiger partial charge in [-0.2, -0.15) is 0 Å². The summed E-state index contributed by atoms with van der Waals surface area (Å²) in [6.07, 6.45) is 2.19. The summed E-state index contributed by atoms with van der Waals surface area (Å²) in [5.41, 5.74) is 4.08. The molecule has 234 valence electrons. The molecule has 0 saturated heterocycles. The molecule has 0 amide bonds. The molecule has 0 spiro atoms. The van der Waals surface area contributed by atoms with Gasteiger partial charge >= 0.3 is 0 Å². The monoisotopic (exact) mass is 606 g/mol. The molecule has 0 aliphatic heterocycles. The van der Waals surface area contributed by atoms with E-state index in [0.29, 0.717) is 66.8 Å². The van der Waals surface area contributed by atoms with Crippen molar-refractivity contribution in [1.82, 2.24) is 0 Å². The van der Waals surface area contributed by atoms with E-state index in [-0.39, 0.29) is 17.2 Å². The highest BCUT2D eigenvalue weighted by molar-refractivity contribution is 5.92. The number of carbonyl (C=O) groups is 3. The molecule has 0 aliphatic rings. The van der Waals surface area contributed by atoms with Crippen LogP contribution in [0.3, 0.4) is 0 Å². The number of aromatic hydroxyl groups is 3. The number of rotatable bonds is 6. The molecule has 6 nitrogen and oxygen atoms in total. The Kier molecular flexibility index (Phi) is 8.60. The maximum Gasteiger partial charge on any atom is 0.150 e. The van der Waals surface area contributed by atoms with Gasteiger partial charge < -0.3 is 15.3 Å². The van der Waals surface area contributed by atoms with Gasteiger partial charge in [0.25, 0.3) is 0 Å². The van der Waals surface area contributed by atoms with Crippen molar-refractivity contribution in [2.24, 2.45) is 0 Å². The zero-order chi connectivity index (χ0) is 33.6. The minimum absolute atomic E-state index is 0.00121. The molecular weight excluding hydrogens is 564 g/mol. The van der Waals surface area contributed by atoms with Crippen LogP contribution in [0.25, 0.3) is 33.4 Å². The quantitative estimate of drug-likeness (QED) is 0.189. The lowest BCUT2D eigenvalue weighted by Crippen LogP contribution is -2.13. The van der Waals surface area contributed by atoms with Crippen molar-refractivity contribution >= 4 is 18.9 Å². The van der Waals surface area contributed by atoms with E-state index in [4.69, 9.17) is 0 Å². The summed E-state index contributed by atoms with van der Waals surface area (Å²) in [7, 11) is 0. The molecule has 0 heterocycles. The van der Waals surface area contributed by atoms with Gasteiger partial charge in [0, 0.05) is 50.1 Å². The third kappa shape index (κ3) is 6.56. The number of carbonyl (C=O) groups excluding carboxylic acids is 3. The van der Waals surface area contributed by atoms with Crippen molar-refractivity contribution in [2.45, 2.75) is 78.6 Å². The number of hydrogen-bond donors (Lipinski definition) is 3. The Balaban J connectivity index is 2.20. The van der Waals surface area contributed by atoms with Gasteiger partial charge in [-0.25, -0.2) is 0 Å². The minimum atomic E-state index is -0.491. The van der Waals surface area contributed by atoms with Crippen LogP contribution in [-0.2, 0) is 16.2 Å². The lowest BCUT2D eigenvalue weighted by molar-refractivity contribution is 0.111. The molecular formula is C39H42O6. The van der Waals surface area contributed by atoms with Crippen molar-refractivity contribution in [3.63, 3.8) is 0 Å². The maximum absolute atomic E-state index is 12.0. The van der Waals surface area contributed by atoms with Crippen molar-refractivity contribution in [3.8, 4) is 50.6 Å².